The molecule has 17 heavy (non-hydrogen) atoms. The molecule has 0 bridgehead atoms. The molecule has 0 aromatic carbocycles. The van der Waals surface area contributed by atoms with Gasteiger partial charge < -0.3 is 10.1 Å². The van der Waals surface area contributed by atoms with Gasteiger partial charge in [0.15, 0.2) is 0 Å². The highest BCUT2D eigenvalue weighted by Crippen LogP contribution is 2.18. The molecule has 0 aliphatic carbocycles. The zero-order valence-corrected chi connectivity index (χ0v) is 10.9. The molecular formula is C12H22N2O3. The number of hydrogen-bond donors (Lipinski definition) is 1. The molecule has 1 aliphatic rings. The van der Waals surface area contributed by atoms with Crippen LogP contribution in [0.4, 0.5) is 4.79 Å². The quantitative estimate of drug-likeness (QED) is 0.768. The molecule has 5 nitrogen and oxygen atoms in total. The molecule has 5 heteroatoms. The van der Waals surface area contributed by atoms with Crippen LogP contribution in [0.3, 0.4) is 0 Å². The fraction of sp³-hybridized carbons (Fsp3) is 0.833. The van der Waals surface area contributed by atoms with Crippen molar-refractivity contribution in [3.8, 4) is 0 Å². The van der Waals surface area contributed by atoms with Crippen molar-refractivity contribution < 1.29 is 14.3 Å². The summed E-state index contributed by atoms with van der Waals surface area (Å²) in [7, 11) is 0. The number of amides is 2. The standard InChI is InChI=1S/C12H22N2O3/c1-4-5-6-10(15)13-9-12(2,3)14-7-8-17-11(14)16/h4-9H2,1-3H3,(H,13,15). The zero-order valence-electron chi connectivity index (χ0n) is 10.9. The Labute approximate surface area is 102 Å². The van der Waals surface area contributed by atoms with Gasteiger partial charge in [0.05, 0.1) is 12.1 Å². The van der Waals surface area contributed by atoms with E-state index < -0.39 is 5.54 Å². The normalized spacial score (nSPS) is 15.9. The monoisotopic (exact) mass is 242 g/mol. The van der Waals surface area contributed by atoms with Crippen LogP contribution in [0.25, 0.3) is 0 Å². The van der Waals surface area contributed by atoms with Gasteiger partial charge in [-0.3, -0.25) is 9.69 Å². The second kappa shape index (κ2) is 5.89. The van der Waals surface area contributed by atoms with Crippen LogP contribution in [0, 0.1) is 0 Å². The Morgan fingerprint density at radius 3 is 2.76 bits per heavy atom. The van der Waals surface area contributed by atoms with Crippen LogP contribution in [0.2, 0.25) is 0 Å². The Bertz CT molecular complexity index is 289. The van der Waals surface area contributed by atoms with E-state index in [1.54, 1.807) is 4.90 Å². The molecule has 1 fully saturated rings. The van der Waals surface area contributed by atoms with E-state index in [1.165, 1.54) is 0 Å². The maximum absolute atomic E-state index is 11.5. The number of unbranched alkanes of at least 4 members (excludes halogenated alkanes) is 1. The van der Waals surface area contributed by atoms with E-state index in [0.29, 0.717) is 26.1 Å². The summed E-state index contributed by atoms with van der Waals surface area (Å²) in [6.07, 6.45) is 2.17. The number of rotatable bonds is 6. The van der Waals surface area contributed by atoms with Crippen molar-refractivity contribution in [3.63, 3.8) is 0 Å². The molecule has 1 rings (SSSR count). The summed E-state index contributed by atoms with van der Waals surface area (Å²) in [5, 5.41) is 2.87. The third-order valence-corrected chi connectivity index (χ3v) is 2.97. The number of cyclic esters (lactones) is 1. The van der Waals surface area contributed by atoms with E-state index in [2.05, 4.69) is 12.2 Å². The summed E-state index contributed by atoms with van der Waals surface area (Å²) in [6.45, 7) is 7.41. The van der Waals surface area contributed by atoms with Gasteiger partial charge in [-0.1, -0.05) is 13.3 Å². The van der Waals surface area contributed by atoms with Crippen molar-refractivity contribution in [1.82, 2.24) is 10.2 Å². The molecule has 1 N–H and O–H groups in total. The highest BCUT2D eigenvalue weighted by atomic mass is 16.6. The molecule has 0 spiro atoms. The number of carbonyl (C=O) groups excluding carboxylic acids is 2. The number of hydrogen-bond acceptors (Lipinski definition) is 3. The van der Waals surface area contributed by atoms with Crippen LogP contribution in [0.15, 0.2) is 0 Å². The second-order valence-electron chi connectivity index (χ2n) is 4.96. The smallest absolute Gasteiger partial charge is 0.410 e. The molecular weight excluding hydrogens is 220 g/mol. The Hall–Kier alpha value is -1.26. The van der Waals surface area contributed by atoms with Crippen LogP contribution in [-0.2, 0) is 9.53 Å². The molecule has 0 saturated carbocycles. The first-order chi connectivity index (χ1) is 7.97. The van der Waals surface area contributed by atoms with Gasteiger partial charge in [0.1, 0.15) is 6.61 Å². The lowest BCUT2D eigenvalue weighted by molar-refractivity contribution is -0.121. The first-order valence-corrected chi connectivity index (χ1v) is 6.18. The van der Waals surface area contributed by atoms with E-state index >= 15 is 0 Å². The van der Waals surface area contributed by atoms with Gasteiger partial charge in [-0.2, -0.15) is 0 Å². The van der Waals surface area contributed by atoms with Crippen LogP contribution < -0.4 is 5.32 Å². The summed E-state index contributed by atoms with van der Waals surface area (Å²) < 4.78 is 4.90. The first-order valence-electron chi connectivity index (χ1n) is 6.18. The van der Waals surface area contributed by atoms with Crippen molar-refractivity contribution in [1.29, 1.82) is 0 Å². The molecule has 2 amide bonds. The predicted octanol–water partition coefficient (Wildman–Crippen LogP) is 1.52. The first kappa shape index (κ1) is 13.8. The van der Waals surface area contributed by atoms with E-state index in [9.17, 15) is 9.59 Å². The Morgan fingerprint density at radius 2 is 2.24 bits per heavy atom. The van der Waals surface area contributed by atoms with Gasteiger partial charge in [0.25, 0.3) is 0 Å². The molecule has 1 aliphatic heterocycles. The van der Waals surface area contributed by atoms with Gasteiger partial charge in [0, 0.05) is 13.0 Å². The van der Waals surface area contributed by atoms with E-state index in [1.807, 2.05) is 13.8 Å². The van der Waals surface area contributed by atoms with E-state index in [-0.39, 0.29) is 12.0 Å². The summed E-state index contributed by atoms with van der Waals surface area (Å²) in [5.41, 5.74) is -0.393. The van der Waals surface area contributed by atoms with Gasteiger partial charge in [-0.25, -0.2) is 4.79 Å². The van der Waals surface area contributed by atoms with Crippen LogP contribution in [0.1, 0.15) is 40.0 Å². The minimum absolute atomic E-state index is 0.0486. The molecule has 0 aromatic rings. The van der Waals surface area contributed by atoms with Crippen molar-refractivity contribution in [2.24, 2.45) is 0 Å². The lowest BCUT2D eigenvalue weighted by Gasteiger charge is -2.33. The summed E-state index contributed by atoms with van der Waals surface area (Å²) in [6, 6.07) is 0. The summed E-state index contributed by atoms with van der Waals surface area (Å²) in [4.78, 5) is 24.6. The lowest BCUT2D eigenvalue weighted by atomic mass is 10.0. The van der Waals surface area contributed by atoms with Gasteiger partial charge in [-0.05, 0) is 20.3 Å². The predicted molar refractivity (Wildman–Crippen MR) is 64.7 cm³/mol. The largest absolute Gasteiger partial charge is 0.448 e. The van der Waals surface area contributed by atoms with Crippen LogP contribution in [0.5, 0.6) is 0 Å². The fourth-order valence-corrected chi connectivity index (χ4v) is 1.78. The zero-order chi connectivity index (χ0) is 12.9. The Kier molecular flexibility index (Phi) is 4.78. The molecule has 1 heterocycles. The van der Waals surface area contributed by atoms with Gasteiger partial charge in [-0.15, -0.1) is 0 Å². The molecule has 1 saturated heterocycles. The van der Waals surface area contributed by atoms with Crippen molar-refractivity contribution in [2.75, 3.05) is 19.7 Å². The Balaban J connectivity index is 2.38. The summed E-state index contributed by atoms with van der Waals surface area (Å²) in [5.74, 6) is 0.0486. The Morgan fingerprint density at radius 1 is 1.53 bits per heavy atom. The summed E-state index contributed by atoms with van der Waals surface area (Å²) >= 11 is 0. The van der Waals surface area contributed by atoms with Crippen molar-refractivity contribution >= 4 is 12.0 Å². The molecule has 0 unspecified atom stereocenters. The second-order valence-corrected chi connectivity index (χ2v) is 4.96. The third-order valence-electron chi connectivity index (χ3n) is 2.97. The highest BCUT2D eigenvalue weighted by Gasteiger charge is 2.35. The molecule has 0 aromatic heterocycles. The fourth-order valence-electron chi connectivity index (χ4n) is 1.78. The average molecular weight is 242 g/mol. The molecule has 0 radical (unpaired) electrons. The van der Waals surface area contributed by atoms with E-state index in [4.69, 9.17) is 4.74 Å². The van der Waals surface area contributed by atoms with Crippen LogP contribution in [-0.4, -0.2) is 42.1 Å². The maximum atomic E-state index is 11.5. The van der Waals surface area contributed by atoms with Crippen molar-refractivity contribution in [3.05, 3.63) is 0 Å². The molecule has 0 atom stereocenters. The average Bonchev–Trinajstić information content (AvgIpc) is 2.71. The topological polar surface area (TPSA) is 58.6 Å². The third kappa shape index (κ3) is 3.91. The SMILES string of the molecule is CCCCC(=O)NCC(C)(C)N1CCOC1=O. The van der Waals surface area contributed by atoms with E-state index in [0.717, 1.165) is 12.8 Å². The lowest BCUT2D eigenvalue weighted by Crippen LogP contribution is -2.52. The van der Waals surface area contributed by atoms with Crippen LogP contribution >= 0.6 is 0 Å². The highest BCUT2D eigenvalue weighted by molar-refractivity contribution is 5.76. The maximum Gasteiger partial charge on any atom is 0.410 e. The number of nitrogens with one attached hydrogen (secondary N) is 1. The number of ether oxygens (including phenoxy) is 1. The van der Waals surface area contributed by atoms with Gasteiger partial charge >= 0.3 is 6.09 Å². The number of carbonyl (C=O) groups is 2. The molecule has 98 valence electrons. The number of nitrogens with zero attached hydrogens (tertiary/aromatic N) is 1. The van der Waals surface area contributed by atoms with Crippen molar-refractivity contribution in [2.45, 2.75) is 45.6 Å². The minimum Gasteiger partial charge on any atom is -0.448 e. The van der Waals surface area contributed by atoms with Gasteiger partial charge in [0.2, 0.25) is 5.91 Å². The minimum atomic E-state index is -0.393.